The number of halogens is 1. The molecule has 1 aliphatic heterocycles. The van der Waals surface area contributed by atoms with E-state index < -0.39 is 6.10 Å². The molecule has 3 aromatic rings. The molecule has 1 unspecified atom stereocenters. The lowest BCUT2D eigenvalue weighted by Gasteiger charge is -2.26. The maximum atomic E-state index is 10.7. The third-order valence-corrected chi connectivity index (χ3v) is 7.49. The molecule has 31 heavy (non-hydrogen) atoms. The van der Waals surface area contributed by atoms with Gasteiger partial charge in [0.15, 0.2) is 0 Å². The van der Waals surface area contributed by atoms with Gasteiger partial charge in [0.2, 0.25) is 0 Å². The van der Waals surface area contributed by atoms with Gasteiger partial charge < -0.3 is 15.2 Å². The molecule has 2 aliphatic rings. The van der Waals surface area contributed by atoms with Gasteiger partial charge in [0.25, 0.3) is 0 Å². The molecule has 3 heterocycles. The van der Waals surface area contributed by atoms with Gasteiger partial charge in [-0.1, -0.05) is 23.7 Å². The van der Waals surface area contributed by atoms with Gasteiger partial charge in [-0.2, -0.15) is 0 Å². The fourth-order valence-corrected chi connectivity index (χ4v) is 5.76. The van der Waals surface area contributed by atoms with Gasteiger partial charge >= 0.3 is 0 Å². The highest BCUT2D eigenvalue weighted by atomic mass is 35.5. The number of aliphatic hydroxyl groups excluding tert-OH is 1. The van der Waals surface area contributed by atoms with Crippen LogP contribution in [0.1, 0.15) is 40.8 Å². The van der Waals surface area contributed by atoms with Gasteiger partial charge in [-0.15, -0.1) is 11.3 Å². The van der Waals surface area contributed by atoms with Crippen molar-refractivity contribution in [2.45, 2.75) is 38.3 Å². The zero-order valence-corrected chi connectivity index (χ0v) is 19.0. The summed E-state index contributed by atoms with van der Waals surface area (Å²) in [4.78, 5) is 14.7. The van der Waals surface area contributed by atoms with Crippen LogP contribution in [0.25, 0.3) is 10.2 Å². The Labute approximate surface area is 191 Å². The highest BCUT2D eigenvalue weighted by molar-refractivity contribution is 7.19. The number of aromatic nitrogens is 2. The Morgan fingerprint density at radius 1 is 1.13 bits per heavy atom. The van der Waals surface area contributed by atoms with Crippen LogP contribution >= 0.6 is 22.9 Å². The fraction of sp³-hybridized carbons (Fsp3) is 0.478. The van der Waals surface area contributed by atoms with Crippen molar-refractivity contribution in [1.29, 1.82) is 0 Å². The van der Waals surface area contributed by atoms with Crippen LogP contribution in [0.3, 0.4) is 0 Å². The topological polar surface area (TPSA) is 70.5 Å². The molecule has 1 atom stereocenters. The van der Waals surface area contributed by atoms with Crippen LogP contribution in [-0.4, -0.2) is 52.8 Å². The normalized spacial score (nSPS) is 18.1. The number of anilines is 1. The number of fused-ring (bicyclic) bond motifs is 3. The summed E-state index contributed by atoms with van der Waals surface area (Å²) >= 11 is 7.79. The van der Waals surface area contributed by atoms with Crippen molar-refractivity contribution in [1.82, 2.24) is 14.9 Å². The Bertz CT molecular complexity index is 1050. The first kappa shape index (κ1) is 21.1. The second kappa shape index (κ2) is 9.38. The van der Waals surface area contributed by atoms with E-state index in [4.69, 9.17) is 26.3 Å². The summed E-state index contributed by atoms with van der Waals surface area (Å²) in [5, 5.41) is 16.0. The van der Waals surface area contributed by atoms with Crippen LogP contribution in [-0.2, 0) is 24.1 Å². The number of nitrogens with one attached hydrogen (secondary N) is 1. The molecule has 0 amide bonds. The molecular formula is C23H27ClN4O2S. The summed E-state index contributed by atoms with van der Waals surface area (Å²) < 4.78 is 5.47. The third kappa shape index (κ3) is 4.71. The molecule has 1 fully saturated rings. The van der Waals surface area contributed by atoms with Gasteiger partial charge in [0.1, 0.15) is 16.5 Å². The van der Waals surface area contributed by atoms with Gasteiger partial charge in [0, 0.05) is 29.5 Å². The number of morpholine rings is 1. The molecule has 0 radical (unpaired) electrons. The minimum atomic E-state index is -0.639. The Morgan fingerprint density at radius 2 is 1.90 bits per heavy atom. The lowest BCUT2D eigenvalue weighted by atomic mass is 9.97. The first-order valence-corrected chi connectivity index (χ1v) is 12.2. The van der Waals surface area contributed by atoms with Crippen LogP contribution in [0.4, 0.5) is 5.82 Å². The number of thiophene rings is 1. The van der Waals surface area contributed by atoms with Crippen molar-refractivity contribution in [2.24, 2.45) is 0 Å². The number of benzene rings is 1. The largest absolute Gasteiger partial charge is 0.387 e. The van der Waals surface area contributed by atoms with Crippen LogP contribution in [0.2, 0.25) is 5.02 Å². The molecule has 1 aliphatic carbocycles. The molecule has 5 rings (SSSR count). The minimum Gasteiger partial charge on any atom is -0.387 e. The van der Waals surface area contributed by atoms with E-state index in [0.717, 1.165) is 73.1 Å². The van der Waals surface area contributed by atoms with Crippen molar-refractivity contribution in [2.75, 3.05) is 38.2 Å². The average Bonchev–Trinajstić information content (AvgIpc) is 3.17. The van der Waals surface area contributed by atoms with E-state index in [1.165, 1.54) is 23.3 Å². The summed E-state index contributed by atoms with van der Waals surface area (Å²) in [5.74, 6) is 1.68. The van der Waals surface area contributed by atoms with E-state index in [2.05, 4.69) is 10.2 Å². The van der Waals surface area contributed by atoms with Crippen molar-refractivity contribution in [3.63, 3.8) is 0 Å². The van der Waals surface area contributed by atoms with Crippen molar-refractivity contribution in [3.05, 3.63) is 51.1 Å². The summed E-state index contributed by atoms with van der Waals surface area (Å²) in [7, 11) is 0. The van der Waals surface area contributed by atoms with E-state index in [9.17, 15) is 5.11 Å². The summed E-state index contributed by atoms with van der Waals surface area (Å²) in [6.07, 6.45) is 4.02. The molecule has 0 spiro atoms. The zero-order valence-electron chi connectivity index (χ0n) is 17.4. The van der Waals surface area contributed by atoms with Crippen molar-refractivity contribution < 1.29 is 9.84 Å². The predicted octanol–water partition coefficient (Wildman–Crippen LogP) is 4.20. The maximum absolute atomic E-state index is 10.7. The maximum Gasteiger partial charge on any atom is 0.146 e. The highest BCUT2D eigenvalue weighted by Crippen LogP contribution is 2.39. The molecule has 1 aromatic carbocycles. The number of nitrogens with zero attached hydrogens (tertiary/aromatic N) is 3. The van der Waals surface area contributed by atoms with E-state index in [-0.39, 0.29) is 0 Å². The second-order valence-corrected chi connectivity index (χ2v) is 9.74. The van der Waals surface area contributed by atoms with Crippen molar-refractivity contribution in [3.8, 4) is 0 Å². The Kier molecular flexibility index (Phi) is 6.39. The summed E-state index contributed by atoms with van der Waals surface area (Å²) in [6, 6.07) is 7.33. The monoisotopic (exact) mass is 458 g/mol. The van der Waals surface area contributed by atoms with Crippen LogP contribution in [0, 0.1) is 0 Å². The van der Waals surface area contributed by atoms with Crippen molar-refractivity contribution >= 4 is 39.0 Å². The smallest absolute Gasteiger partial charge is 0.146 e. The number of aryl methyl sites for hydroxylation is 2. The quantitative estimate of drug-likeness (QED) is 0.576. The zero-order chi connectivity index (χ0) is 21.2. The Hall–Kier alpha value is -1.77. The molecule has 2 aromatic heterocycles. The molecular weight excluding hydrogens is 432 g/mol. The SMILES string of the molecule is OC(CNc1nc(CN2CCOCC2)nc2sc3c(c12)CCCC3)c1ccc(Cl)cc1. The van der Waals surface area contributed by atoms with Crippen LogP contribution in [0.5, 0.6) is 0 Å². The predicted molar refractivity (Wildman–Crippen MR) is 125 cm³/mol. The van der Waals surface area contributed by atoms with E-state index in [1.54, 1.807) is 12.1 Å². The molecule has 164 valence electrons. The van der Waals surface area contributed by atoms with Gasteiger partial charge in [0.05, 0.1) is 31.2 Å². The molecule has 8 heteroatoms. The average molecular weight is 459 g/mol. The Morgan fingerprint density at radius 3 is 2.71 bits per heavy atom. The summed E-state index contributed by atoms with van der Waals surface area (Å²) in [5.41, 5.74) is 2.23. The molecule has 2 N–H and O–H groups in total. The van der Waals surface area contributed by atoms with E-state index in [0.29, 0.717) is 11.6 Å². The summed E-state index contributed by atoms with van der Waals surface area (Å²) in [6.45, 7) is 4.42. The standard InChI is InChI=1S/C23H27ClN4O2S/c24-16-7-5-15(6-8-16)18(29)13-25-22-21-17-3-1-2-4-19(17)31-23(21)27-20(26-22)14-28-9-11-30-12-10-28/h5-8,18,29H,1-4,9-14H2,(H,25,26,27). The molecule has 0 bridgehead atoms. The number of hydrogen-bond acceptors (Lipinski definition) is 7. The van der Waals surface area contributed by atoms with Gasteiger partial charge in [-0.3, -0.25) is 4.90 Å². The third-order valence-electron chi connectivity index (χ3n) is 6.05. The minimum absolute atomic E-state index is 0.384. The number of ether oxygens (including phenoxy) is 1. The van der Waals surface area contributed by atoms with Gasteiger partial charge in [-0.05, 0) is 48.9 Å². The number of hydrogen-bond donors (Lipinski definition) is 2. The lowest BCUT2D eigenvalue weighted by molar-refractivity contribution is 0.0331. The fourth-order valence-electron chi connectivity index (χ4n) is 4.36. The molecule has 1 saturated heterocycles. The first-order valence-electron chi connectivity index (χ1n) is 11.0. The first-order chi connectivity index (χ1) is 15.2. The highest BCUT2D eigenvalue weighted by Gasteiger charge is 2.22. The number of rotatable bonds is 6. The number of aliphatic hydroxyl groups is 1. The van der Waals surface area contributed by atoms with Crippen LogP contribution in [0.15, 0.2) is 24.3 Å². The lowest BCUT2D eigenvalue weighted by Crippen LogP contribution is -2.36. The van der Waals surface area contributed by atoms with E-state index in [1.807, 2.05) is 23.5 Å². The molecule has 6 nitrogen and oxygen atoms in total. The van der Waals surface area contributed by atoms with Crippen LogP contribution < -0.4 is 5.32 Å². The van der Waals surface area contributed by atoms with Gasteiger partial charge in [-0.25, -0.2) is 9.97 Å². The molecule has 0 saturated carbocycles. The van der Waals surface area contributed by atoms with E-state index >= 15 is 0 Å². The second-order valence-electron chi connectivity index (χ2n) is 8.22. The Balaban J connectivity index is 1.43.